The molecular formula is C41H36N2O7. The Hall–Kier alpha value is -6.22. The molecule has 2 amide bonds. The maximum Gasteiger partial charge on any atom is 0.407 e. The minimum Gasteiger partial charge on any atom is -0.479 e. The molecule has 1 aliphatic rings. The van der Waals surface area contributed by atoms with Crippen LogP contribution < -0.4 is 10.6 Å². The second-order valence-electron chi connectivity index (χ2n) is 12.0. The zero-order chi connectivity index (χ0) is 34.9. The fraction of sp³-hybridized carbons (Fsp3) is 0.171. The van der Waals surface area contributed by atoms with E-state index in [1.807, 2.05) is 140 Å². The normalized spacial score (nSPS) is 12.6. The van der Waals surface area contributed by atoms with Gasteiger partial charge in [-0.25, -0.2) is 14.4 Å². The van der Waals surface area contributed by atoms with Gasteiger partial charge in [-0.1, -0.05) is 140 Å². The number of carbonyl (C=O) groups is 4. The van der Waals surface area contributed by atoms with Crippen LogP contribution in [0.3, 0.4) is 0 Å². The van der Waals surface area contributed by atoms with E-state index in [4.69, 9.17) is 14.6 Å². The van der Waals surface area contributed by atoms with Gasteiger partial charge in [0.05, 0.1) is 0 Å². The summed E-state index contributed by atoms with van der Waals surface area (Å²) in [7, 11) is 0. The number of hydrogen-bond acceptors (Lipinski definition) is 6. The lowest BCUT2D eigenvalue weighted by Crippen LogP contribution is -2.49. The van der Waals surface area contributed by atoms with Crippen molar-refractivity contribution in [2.45, 2.75) is 30.3 Å². The monoisotopic (exact) mass is 668 g/mol. The molecule has 50 heavy (non-hydrogen) atoms. The van der Waals surface area contributed by atoms with Crippen molar-refractivity contribution < 1.29 is 33.8 Å². The first-order valence-corrected chi connectivity index (χ1v) is 16.3. The van der Waals surface area contributed by atoms with Crippen molar-refractivity contribution in [3.63, 3.8) is 0 Å². The topological polar surface area (TPSA) is 131 Å². The highest BCUT2D eigenvalue weighted by molar-refractivity contribution is 5.85. The van der Waals surface area contributed by atoms with E-state index in [1.165, 1.54) is 0 Å². The summed E-state index contributed by atoms with van der Waals surface area (Å²) in [6, 6.07) is 43.1. The fourth-order valence-corrected chi connectivity index (χ4v) is 6.59. The number of amides is 2. The lowest BCUT2D eigenvalue weighted by molar-refractivity contribution is -0.156. The first-order chi connectivity index (χ1) is 24.4. The molecule has 5 aromatic rings. The Morgan fingerprint density at radius 3 is 1.58 bits per heavy atom. The summed E-state index contributed by atoms with van der Waals surface area (Å²) in [5, 5.41) is 14.9. The second-order valence-corrected chi connectivity index (χ2v) is 12.0. The third-order valence-electron chi connectivity index (χ3n) is 8.87. The Balaban J connectivity index is 1.20. The molecule has 9 heteroatoms. The summed E-state index contributed by atoms with van der Waals surface area (Å²) in [4.78, 5) is 51.3. The standard InChI is InChI=1S/C41H36N2O7/c44-37(43-41(28-14-4-1-5-15-28,29-16-6-2-7-17-29)30-18-8-3-9-19-30)25-24-36(39(47)49-27-38(45)46)42-40(48)50-26-35-33-22-12-10-20-31(33)32-21-11-13-23-34(32)35/h1-23,35-36H,24-27H2,(H,42,48)(H,43,44)(H,45,46)/t36-/m0/s1. The molecule has 6 rings (SSSR count). The van der Waals surface area contributed by atoms with Crippen LogP contribution >= 0.6 is 0 Å². The Labute approximate surface area is 289 Å². The lowest BCUT2D eigenvalue weighted by Gasteiger charge is -2.37. The SMILES string of the molecule is O=C(O)COC(=O)[C@H](CCC(=O)NC(c1ccccc1)(c1ccccc1)c1ccccc1)NC(=O)OCC1c2ccccc2-c2ccccc21. The molecule has 0 saturated carbocycles. The van der Waals surface area contributed by atoms with Crippen molar-refractivity contribution in [2.24, 2.45) is 0 Å². The molecule has 252 valence electrons. The highest BCUT2D eigenvalue weighted by atomic mass is 16.6. The molecule has 0 aliphatic heterocycles. The maximum absolute atomic E-state index is 13.9. The molecule has 0 saturated heterocycles. The molecule has 1 atom stereocenters. The fourth-order valence-electron chi connectivity index (χ4n) is 6.59. The minimum absolute atomic E-state index is 0.00495. The third-order valence-corrected chi connectivity index (χ3v) is 8.87. The summed E-state index contributed by atoms with van der Waals surface area (Å²) >= 11 is 0. The number of rotatable bonds is 13. The predicted molar refractivity (Wildman–Crippen MR) is 187 cm³/mol. The number of hydrogen-bond donors (Lipinski definition) is 3. The van der Waals surface area contributed by atoms with Crippen LogP contribution in [0.5, 0.6) is 0 Å². The smallest absolute Gasteiger partial charge is 0.407 e. The van der Waals surface area contributed by atoms with Gasteiger partial charge in [0.15, 0.2) is 6.61 Å². The van der Waals surface area contributed by atoms with Gasteiger partial charge in [0.25, 0.3) is 0 Å². The van der Waals surface area contributed by atoms with E-state index in [1.54, 1.807) is 0 Å². The molecule has 0 bridgehead atoms. The molecule has 0 spiro atoms. The molecule has 0 radical (unpaired) electrons. The van der Waals surface area contributed by atoms with E-state index < -0.39 is 42.1 Å². The molecule has 3 N–H and O–H groups in total. The van der Waals surface area contributed by atoms with Crippen molar-refractivity contribution in [1.82, 2.24) is 10.6 Å². The van der Waals surface area contributed by atoms with Gasteiger partial charge in [-0.15, -0.1) is 0 Å². The number of carboxylic acids is 1. The van der Waals surface area contributed by atoms with Gasteiger partial charge in [-0.05, 0) is 45.4 Å². The summed E-state index contributed by atoms with van der Waals surface area (Å²) in [5.74, 6) is -2.96. The largest absolute Gasteiger partial charge is 0.479 e. The van der Waals surface area contributed by atoms with E-state index in [0.717, 1.165) is 38.9 Å². The number of benzene rings is 5. The predicted octanol–water partition coefficient (Wildman–Crippen LogP) is 6.41. The van der Waals surface area contributed by atoms with Gasteiger partial charge in [0.2, 0.25) is 5.91 Å². The van der Waals surface area contributed by atoms with E-state index >= 15 is 0 Å². The summed E-state index contributed by atoms with van der Waals surface area (Å²) < 4.78 is 10.6. The minimum atomic E-state index is -1.35. The molecule has 0 heterocycles. The number of carbonyl (C=O) groups excluding carboxylic acids is 3. The van der Waals surface area contributed by atoms with Gasteiger partial charge in [0, 0.05) is 12.3 Å². The molecule has 0 fully saturated rings. The summed E-state index contributed by atoms with van der Waals surface area (Å²) in [6.45, 7) is -0.891. The van der Waals surface area contributed by atoms with Crippen LogP contribution in [0.4, 0.5) is 4.79 Å². The lowest BCUT2D eigenvalue weighted by atomic mass is 9.77. The van der Waals surface area contributed by atoms with E-state index in [0.29, 0.717) is 0 Å². The zero-order valence-corrected chi connectivity index (χ0v) is 27.2. The van der Waals surface area contributed by atoms with Gasteiger partial charge >= 0.3 is 18.0 Å². The first-order valence-electron chi connectivity index (χ1n) is 16.3. The number of aliphatic carboxylic acids is 1. The molecular weight excluding hydrogens is 632 g/mol. The van der Waals surface area contributed by atoms with Crippen LogP contribution in [-0.4, -0.2) is 48.3 Å². The van der Waals surface area contributed by atoms with Crippen LogP contribution in [0.1, 0.15) is 46.6 Å². The van der Waals surface area contributed by atoms with Crippen molar-refractivity contribution in [2.75, 3.05) is 13.2 Å². The van der Waals surface area contributed by atoms with E-state index in [9.17, 15) is 19.2 Å². The highest BCUT2D eigenvalue weighted by Gasteiger charge is 2.38. The van der Waals surface area contributed by atoms with Gasteiger partial charge in [0.1, 0.15) is 18.2 Å². The van der Waals surface area contributed by atoms with Gasteiger partial charge in [-0.2, -0.15) is 0 Å². The van der Waals surface area contributed by atoms with Crippen molar-refractivity contribution in [3.05, 3.63) is 167 Å². The molecule has 9 nitrogen and oxygen atoms in total. The Morgan fingerprint density at radius 1 is 0.640 bits per heavy atom. The summed E-state index contributed by atoms with van der Waals surface area (Å²) in [6.07, 6.45) is -1.27. The zero-order valence-electron chi connectivity index (χ0n) is 27.2. The average molecular weight is 669 g/mol. The van der Waals surface area contributed by atoms with Crippen LogP contribution in [-0.2, 0) is 29.4 Å². The van der Waals surface area contributed by atoms with Crippen LogP contribution in [0.15, 0.2) is 140 Å². The van der Waals surface area contributed by atoms with E-state index in [2.05, 4.69) is 10.6 Å². The van der Waals surface area contributed by atoms with Crippen LogP contribution in [0.25, 0.3) is 11.1 Å². The second kappa shape index (κ2) is 15.3. The Kier molecular flexibility index (Phi) is 10.3. The number of alkyl carbamates (subject to hydrolysis) is 1. The number of carboxylic acid groups (broad SMARTS) is 1. The van der Waals surface area contributed by atoms with Crippen LogP contribution in [0, 0.1) is 0 Å². The molecule has 0 aromatic heterocycles. The average Bonchev–Trinajstić information content (AvgIpc) is 3.48. The first kappa shape index (κ1) is 33.7. The summed E-state index contributed by atoms with van der Waals surface area (Å²) in [5.41, 5.74) is 5.55. The number of ether oxygens (including phenoxy) is 2. The molecule has 5 aromatic carbocycles. The van der Waals surface area contributed by atoms with Crippen molar-refractivity contribution in [1.29, 1.82) is 0 Å². The van der Waals surface area contributed by atoms with Gasteiger partial charge in [-0.3, -0.25) is 4.79 Å². The quantitative estimate of drug-likeness (QED) is 0.0977. The molecule has 1 aliphatic carbocycles. The number of nitrogens with one attached hydrogen (secondary N) is 2. The van der Waals surface area contributed by atoms with E-state index in [-0.39, 0.29) is 25.4 Å². The van der Waals surface area contributed by atoms with Gasteiger partial charge < -0.3 is 25.2 Å². The Morgan fingerprint density at radius 2 is 1.10 bits per heavy atom. The maximum atomic E-state index is 13.9. The molecule has 0 unspecified atom stereocenters. The van der Waals surface area contributed by atoms with Crippen LogP contribution in [0.2, 0.25) is 0 Å². The third kappa shape index (κ3) is 7.27. The van der Waals surface area contributed by atoms with Crippen molar-refractivity contribution >= 4 is 23.9 Å². The Bertz CT molecular complexity index is 1820. The highest BCUT2D eigenvalue weighted by Crippen LogP contribution is 2.44. The number of fused-ring (bicyclic) bond motifs is 3. The van der Waals surface area contributed by atoms with Crippen molar-refractivity contribution in [3.8, 4) is 11.1 Å². The number of esters is 1.